The molecule has 18 heavy (non-hydrogen) atoms. The SMILES string of the molecule is CCN(CC)c1nc2cc(C(=O)O)ccc2n1C. The van der Waals surface area contributed by atoms with E-state index in [1.165, 1.54) is 0 Å². The average Bonchev–Trinajstić information content (AvgIpc) is 2.68. The van der Waals surface area contributed by atoms with Crippen LogP contribution in [0.4, 0.5) is 5.95 Å². The molecule has 1 heterocycles. The largest absolute Gasteiger partial charge is 0.478 e. The Morgan fingerprint density at radius 2 is 2.06 bits per heavy atom. The van der Waals surface area contributed by atoms with Crippen LogP contribution in [0.5, 0.6) is 0 Å². The van der Waals surface area contributed by atoms with E-state index in [0.717, 1.165) is 30.1 Å². The fourth-order valence-corrected chi connectivity index (χ4v) is 2.11. The molecule has 0 aliphatic heterocycles. The summed E-state index contributed by atoms with van der Waals surface area (Å²) in [4.78, 5) is 17.6. The Balaban J connectivity index is 2.58. The first-order valence-corrected chi connectivity index (χ1v) is 6.03. The number of hydrogen-bond donors (Lipinski definition) is 1. The monoisotopic (exact) mass is 247 g/mol. The second-order valence-corrected chi connectivity index (χ2v) is 4.15. The summed E-state index contributed by atoms with van der Waals surface area (Å²) in [6, 6.07) is 5.03. The fourth-order valence-electron chi connectivity index (χ4n) is 2.11. The highest BCUT2D eigenvalue weighted by molar-refractivity contribution is 5.93. The molecule has 0 spiro atoms. The van der Waals surface area contributed by atoms with Crippen molar-refractivity contribution >= 4 is 23.0 Å². The third-order valence-corrected chi connectivity index (χ3v) is 3.15. The molecule has 0 atom stereocenters. The van der Waals surface area contributed by atoms with Gasteiger partial charge in [0.15, 0.2) is 0 Å². The predicted octanol–water partition coefficient (Wildman–Crippen LogP) is 2.12. The van der Waals surface area contributed by atoms with E-state index in [-0.39, 0.29) is 5.56 Å². The number of anilines is 1. The molecule has 0 aliphatic carbocycles. The molecule has 0 fully saturated rings. The maximum Gasteiger partial charge on any atom is 0.335 e. The number of benzene rings is 1. The van der Waals surface area contributed by atoms with Crippen molar-refractivity contribution in [2.75, 3.05) is 18.0 Å². The van der Waals surface area contributed by atoms with Gasteiger partial charge < -0.3 is 14.6 Å². The van der Waals surface area contributed by atoms with Gasteiger partial charge in [-0.1, -0.05) is 0 Å². The van der Waals surface area contributed by atoms with E-state index >= 15 is 0 Å². The van der Waals surface area contributed by atoms with Crippen LogP contribution in [0.15, 0.2) is 18.2 Å². The quantitative estimate of drug-likeness (QED) is 0.899. The van der Waals surface area contributed by atoms with Crippen molar-refractivity contribution in [3.63, 3.8) is 0 Å². The molecule has 0 amide bonds. The number of aromatic carboxylic acids is 1. The van der Waals surface area contributed by atoms with Gasteiger partial charge in [-0.2, -0.15) is 0 Å². The first-order valence-electron chi connectivity index (χ1n) is 6.03. The van der Waals surface area contributed by atoms with Crippen LogP contribution in [0.2, 0.25) is 0 Å². The number of hydrogen-bond acceptors (Lipinski definition) is 3. The zero-order chi connectivity index (χ0) is 13.3. The molecule has 0 saturated heterocycles. The van der Waals surface area contributed by atoms with Gasteiger partial charge in [-0.25, -0.2) is 9.78 Å². The summed E-state index contributed by atoms with van der Waals surface area (Å²) in [5.41, 5.74) is 1.94. The van der Waals surface area contributed by atoms with Crippen molar-refractivity contribution in [2.45, 2.75) is 13.8 Å². The third kappa shape index (κ3) is 1.92. The highest BCUT2D eigenvalue weighted by Gasteiger charge is 2.13. The van der Waals surface area contributed by atoms with Crippen LogP contribution in [-0.4, -0.2) is 33.7 Å². The van der Waals surface area contributed by atoms with E-state index in [9.17, 15) is 4.79 Å². The number of aromatic nitrogens is 2. The number of aryl methyl sites for hydroxylation is 1. The van der Waals surface area contributed by atoms with E-state index in [4.69, 9.17) is 5.11 Å². The van der Waals surface area contributed by atoms with Crippen LogP contribution in [0.1, 0.15) is 24.2 Å². The smallest absolute Gasteiger partial charge is 0.335 e. The van der Waals surface area contributed by atoms with Gasteiger partial charge in [0.2, 0.25) is 5.95 Å². The number of fused-ring (bicyclic) bond motifs is 1. The van der Waals surface area contributed by atoms with Gasteiger partial charge in [0, 0.05) is 20.1 Å². The average molecular weight is 247 g/mol. The molecule has 2 aromatic rings. The van der Waals surface area contributed by atoms with Crippen molar-refractivity contribution in [3.8, 4) is 0 Å². The summed E-state index contributed by atoms with van der Waals surface area (Å²) in [6.07, 6.45) is 0. The molecule has 1 aromatic carbocycles. The Kier molecular flexibility index (Phi) is 3.23. The Bertz CT molecular complexity index is 585. The first-order chi connectivity index (χ1) is 8.58. The number of carboxylic acids is 1. The topological polar surface area (TPSA) is 58.4 Å². The summed E-state index contributed by atoms with van der Waals surface area (Å²) in [5, 5.41) is 8.98. The Labute approximate surface area is 106 Å². The van der Waals surface area contributed by atoms with Gasteiger partial charge in [-0.05, 0) is 32.0 Å². The van der Waals surface area contributed by atoms with Crippen LogP contribution >= 0.6 is 0 Å². The molecule has 1 aromatic heterocycles. The lowest BCUT2D eigenvalue weighted by atomic mass is 10.2. The summed E-state index contributed by atoms with van der Waals surface area (Å²) < 4.78 is 1.99. The molecule has 0 unspecified atom stereocenters. The van der Waals surface area contributed by atoms with Gasteiger partial charge in [0.05, 0.1) is 16.6 Å². The molecule has 0 bridgehead atoms. The van der Waals surface area contributed by atoms with Crippen LogP contribution in [0, 0.1) is 0 Å². The van der Waals surface area contributed by atoms with Gasteiger partial charge in [0.25, 0.3) is 0 Å². The Morgan fingerprint density at radius 3 is 2.61 bits per heavy atom. The maximum atomic E-state index is 10.9. The van der Waals surface area contributed by atoms with Crippen LogP contribution in [0.3, 0.4) is 0 Å². The normalized spacial score (nSPS) is 10.8. The molecule has 1 N–H and O–H groups in total. The summed E-state index contributed by atoms with van der Waals surface area (Å²) >= 11 is 0. The minimum absolute atomic E-state index is 0.270. The fraction of sp³-hybridized carbons (Fsp3) is 0.385. The maximum absolute atomic E-state index is 10.9. The lowest BCUT2D eigenvalue weighted by Gasteiger charge is -2.19. The van der Waals surface area contributed by atoms with Gasteiger partial charge in [-0.15, -0.1) is 0 Å². The standard InChI is InChI=1S/C13H17N3O2/c1-4-16(5-2)13-14-10-8-9(12(17)18)6-7-11(10)15(13)3/h6-8H,4-5H2,1-3H3,(H,17,18). The molecule has 0 aliphatic rings. The molecule has 0 saturated carbocycles. The van der Waals surface area contributed by atoms with E-state index in [1.807, 2.05) is 11.6 Å². The molecule has 5 nitrogen and oxygen atoms in total. The number of carboxylic acid groups (broad SMARTS) is 1. The van der Waals surface area contributed by atoms with E-state index in [1.54, 1.807) is 18.2 Å². The van der Waals surface area contributed by atoms with E-state index in [0.29, 0.717) is 0 Å². The number of carbonyl (C=O) groups is 1. The molecule has 0 radical (unpaired) electrons. The number of nitrogens with zero attached hydrogens (tertiary/aromatic N) is 3. The molecule has 96 valence electrons. The lowest BCUT2D eigenvalue weighted by molar-refractivity contribution is 0.0697. The summed E-state index contributed by atoms with van der Waals surface area (Å²) in [7, 11) is 1.95. The zero-order valence-corrected chi connectivity index (χ0v) is 10.8. The molecular formula is C13H17N3O2. The van der Waals surface area contributed by atoms with Gasteiger partial charge in [-0.3, -0.25) is 0 Å². The minimum atomic E-state index is -0.924. The van der Waals surface area contributed by atoms with Gasteiger partial charge in [0.1, 0.15) is 0 Å². The number of imidazole rings is 1. The molecular weight excluding hydrogens is 230 g/mol. The number of rotatable bonds is 4. The second-order valence-electron chi connectivity index (χ2n) is 4.15. The van der Waals surface area contributed by atoms with Crippen LogP contribution in [0.25, 0.3) is 11.0 Å². The van der Waals surface area contributed by atoms with Crippen LogP contribution in [-0.2, 0) is 7.05 Å². The van der Waals surface area contributed by atoms with E-state index < -0.39 is 5.97 Å². The summed E-state index contributed by atoms with van der Waals surface area (Å²) in [5.74, 6) is -0.0514. The second kappa shape index (κ2) is 4.68. The van der Waals surface area contributed by atoms with Gasteiger partial charge >= 0.3 is 5.97 Å². The molecule has 5 heteroatoms. The molecule has 2 rings (SSSR count). The summed E-state index contributed by atoms with van der Waals surface area (Å²) in [6.45, 7) is 5.90. The zero-order valence-electron chi connectivity index (χ0n) is 10.8. The van der Waals surface area contributed by atoms with Crippen molar-refractivity contribution in [3.05, 3.63) is 23.8 Å². The lowest BCUT2D eigenvalue weighted by Crippen LogP contribution is -2.24. The third-order valence-electron chi connectivity index (χ3n) is 3.15. The Morgan fingerprint density at radius 1 is 1.39 bits per heavy atom. The van der Waals surface area contributed by atoms with Crippen LogP contribution < -0.4 is 4.90 Å². The van der Waals surface area contributed by atoms with Crippen molar-refractivity contribution < 1.29 is 9.90 Å². The van der Waals surface area contributed by atoms with Crippen molar-refractivity contribution in [1.29, 1.82) is 0 Å². The highest BCUT2D eigenvalue weighted by Crippen LogP contribution is 2.22. The van der Waals surface area contributed by atoms with Crippen molar-refractivity contribution in [2.24, 2.45) is 7.05 Å². The predicted molar refractivity (Wildman–Crippen MR) is 71.2 cm³/mol. The van der Waals surface area contributed by atoms with Crippen molar-refractivity contribution in [1.82, 2.24) is 9.55 Å². The van der Waals surface area contributed by atoms with E-state index in [2.05, 4.69) is 23.7 Å². The highest BCUT2D eigenvalue weighted by atomic mass is 16.4. The Hall–Kier alpha value is -2.04. The minimum Gasteiger partial charge on any atom is -0.478 e. The first kappa shape index (κ1) is 12.4.